The summed E-state index contributed by atoms with van der Waals surface area (Å²) in [7, 11) is 0. The molecule has 1 atom stereocenters. The maximum absolute atomic E-state index is 13.6. The van der Waals surface area contributed by atoms with Gasteiger partial charge in [-0.15, -0.1) is 22.9 Å². The first-order valence-corrected chi connectivity index (χ1v) is 7.05. The van der Waals surface area contributed by atoms with Crippen molar-refractivity contribution in [3.63, 3.8) is 0 Å². The van der Waals surface area contributed by atoms with Crippen LogP contribution in [0.4, 0.5) is 13.2 Å². The van der Waals surface area contributed by atoms with Gasteiger partial charge in [0.15, 0.2) is 0 Å². The molecule has 0 N–H and O–H groups in total. The predicted octanol–water partition coefficient (Wildman–Crippen LogP) is 5.91. The van der Waals surface area contributed by atoms with Crippen LogP contribution in [-0.4, -0.2) is 0 Å². The Kier molecular flexibility index (Phi) is 4.26. The van der Waals surface area contributed by atoms with Gasteiger partial charge in [-0.1, -0.05) is 11.6 Å². The van der Waals surface area contributed by atoms with Crippen molar-refractivity contribution in [1.82, 2.24) is 0 Å². The summed E-state index contributed by atoms with van der Waals surface area (Å²) in [6.07, 6.45) is 0. The van der Waals surface area contributed by atoms with Crippen LogP contribution in [0.1, 0.15) is 15.8 Å². The molecule has 0 aliphatic heterocycles. The molecular formula is C11H4BrCl2F3S. The number of halogens is 6. The van der Waals surface area contributed by atoms with Gasteiger partial charge in [0.25, 0.3) is 0 Å². The third-order valence-corrected chi connectivity index (χ3v) is 5.33. The molecule has 0 aliphatic carbocycles. The molecule has 1 aromatic carbocycles. The van der Waals surface area contributed by atoms with Gasteiger partial charge in [-0.2, -0.15) is 0 Å². The maximum Gasteiger partial charge on any atom is 0.134 e. The first-order chi connectivity index (χ1) is 8.40. The number of alkyl halides is 1. The van der Waals surface area contributed by atoms with Crippen molar-refractivity contribution in [3.05, 3.63) is 54.9 Å². The number of benzene rings is 1. The van der Waals surface area contributed by atoms with Gasteiger partial charge in [-0.05, 0) is 22.0 Å². The molecule has 0 fully saturated rings. The van der Waals surface area contributed by atoms with E-state index < -0.39 is 22.8 Å². The quantitative estimate of drug-likeness (QED) is 0.572. The molecule has 1 unspecified atom stereocenters. The molecule has 0 aliphatic rings. The molecule has 1 heterocycles. The van der Waals surface area contributed by atoms with Crippen LogP contribution < -0.4 is 0 Å². The summed E-state index contributed by atoms with van der Waals surface area (Å²) >= 11 is 16.2. The van der Waals surface area contributed by atoms with E-state index in [0.29, 0.717) is 25.8 Å². The molecule has 0 amide bonds. The molecule has 0 saturated heterocycles. The first kappa shape index (κ1) is 14.2. The fraction of sp³-hybridized carbons (Fsp3) is 0.0909. The highest BCUT2D eigenvalue weighted by Gasteiger charge is 2.23. The summed E-state index contributed by atoms with van der Waals surface area (Å²) in [6, 6.07) is 2.70. The molecule has 0 spiro atoms. The lowest BCUT2D eigenvalue weighted by molar-refractivity contribution is 0.526. The number of hydrogen-bond donors (Lipinski definition) is 0. The standard InChI is InChI=1S/C11H4BrCl2F3S/c12-11-5(13)3-8(18-11)10(14)9-6(16)1-4(15)2-7(9)17/h1-3,10H. The molecule has 0 radical (unpaired) electrons. The Morgan fingerprint density at radius 2 is 1.67 bits per heavy atom. The fourth-order valence-corrected chi connectivity index (χ4v) is 3.57. The number of thiophene rings is 1. The normalized spacial score (nSPS) is 12.8. The summed E-state index contributed by atoms with van der Waals surface area (Å²) in [5, 5.41) is -0.650. The highest BCUT2D eigenvalue weighted by molar-refractivity contribution is 9.11. The summed E-state index contributed by atoms with van der Waals surface area (Å²) in [6.45, 7) is 0. The van der Waals surface area contributed by atoms with Gasteiger partial charge in [0.2, 0.25) is 0 Å². The highest BCUT2D eigenvalue weighted by Crippen LogP contribution is 2.41. The minimum Gasteiger partial charge on any atom is -0.207 e. The van der Waals surface area contributed by atoms with Crippen LogP contribution in [0, 0.1) is 17.5 Å². The van der Waals surface area contributed by atoms with Crippen molar-refractivity contribution in [2.45, 2.75) is 5.38 Å². The van der Waals surface area contributed by atoms with Crippen LogP contribution in [-0.2, 0) is 0 Å². The monoisotopic (exact) mass is 374 g/mol. The molecule has 0 nitrogen and oxygen atoms in total. The highest BCUT2D eigenvalue weighted by atomic mass is 79.9. The largest absolute Gasteiger partial charge is 0.207 e. The SMILES string of the molecule is Fc1cc(F)c(C(Cl)c2cc(Cl)c(Br)s2)c(F)c1. The second kappa shape index (κ2) is 5.41. The second-order valence-electron chi connectivity index (χ2n) is 3.42. The van der Waals surface area contributed by atoms with E-state index in [1.165, 1.54) is 6.07 Å². The summed E-state index contributed by atoms with van der Waals surface area (Å²) in [5.74, 6) is -3.02. The molecule has 7 heteroatoms. The van der Waals surface area contributed by atoms with Gasteiger partial charge in [0, 0.05) is 22.6 Å². The Morgan fingerprint density at radius 3 is 2.11 bits per heavy atom. The minimum absolute atomic E-state index is 0.386. The van der Waals surface area contributed by atoms with Crippen molar-refractivity contribution >= 4 is 50.5 Å². The lowest BCUT2D eigenvalue weighted by Gasteiger charge is -2.10. The zero-order valence-electron chi connectivity index (χ0n) is 8.49. The smallest absolute Gasteiger partial charge is 0.134 e. The van der Waals surface area contributed by atoms with Crippen LogP contribution in [0.15, 0.2) is 22.0 Å². The fourth-order valence-electron chi connectivity index (χ4n) is 1.43. The first-order valence-electron chi connectivity index (χ1n) is 4.63. The van der Waals surface area contributed by atoms with Crippen LogP contribution in [0.25, 0.3) is 0 Å². The maximum atomic E-state index is 13.6. The minimum atomic E-state index is -1.06. The van der Waals surface area contributed by atoms with Gasteiger partial charge in [0.1, 0.15) is 17.5 Å². The zero-order valence-corrected chi connectivity index (χ0v) is 12.4. The Morgan fingerprint density at radius 1 is 1.11 bits per heavy atom. The molecular weight excluding hydrogens is 372 g/mol. The third-order valence-electron chi connectivity index (χ3n) is 2.21. The summed E-state index contributed by atoms with van der Waals surface area (Å²) in [4.78, 5) is 0.470. The van der Waals surface area contributed by atoms with Crippen molar-refractivity contribution in [2.75, 3.05) is 0 Å². The van der Waals surface area contributed by atoms with E-state index in [4.69, 9.17) is 23.2 Å². The molecule has 1 aromatic heterocycles. The van der Waals surface area contributed by atoms with Gasteiger partial charge >= 0.3 is 0 Å². The van der Waals surface area contributed by atoms with E-state index in [2.05, 4.69) is 15.9 Å². The van der Waals surface area contributed by atoms with Gasteiger partial charge in [-0.3, -0.25) is 0 Å². The molecule has 96 valence electrons. The molecule has 0 saturated carbocycles. The average molecular weight is 376 g/mol. The number of rotatable bonds is 2. The Labute approximate surface area is 123 Å². The molecule has 0 bridgehead atoms. The summed E-state index contributed by atoms with van der Waals surface area (Å²) in [5.41, 5.74) is -0.386. The topological polar surface area (TPSA) is 0 Å². The van der Waals surface area contributed by atoms with E-state index in [1.54, 1.807) is 0 Å². The predicted molar refractivity (Wildman–Crippen MR) is 71.0 cm³/mol. The van der Waals surface area contributed by atoms with E-state index in [0.717, 1.165) is 11.3 Å². The van der Waals surface area contributed by atoms with E-state index >= 15 is 0 Å². The second-order valence-corrected chi connectivity index (χ2v) is 6.66. The van der Waals surface area contributed by atoms with Crippen LogP contribution in [0.5, 0.6) is 0 Å². The number of hydrogen-bond acceptors (Lipinski definition) is 1. The van der Waals surface area contributed by atoms with Crippen LogP contribution in [0.2, 0.25) is 5.02 Å². The Hall–Kier alpha value is -0.230. The van der Waals surface area contributed by atoms with Crippen molar-refractivity contribution < 1.29 is 13.2 Å². The zero-order chi connectivity index (χ0) is 13.4. The van der Waals surface area contributed by atoms with Crippen molar-refractivity contribution in [1.29, 1.82) is 0 Å². The van der Waals surface area contributed by atoms with Crippen LogP contribution in [0.3, 0.4) is 0 Å². The average Bonchev–Trinajstić information content (AvgIpc) is 2.57. The van der Waals surface area contributed by atoms with E-state index in [-0.39, 0.29) is 5.56 Å². The molecule has 2 aromatic rings. The van der Waals surface area contributed by atoms with Gasteiger partial charge in [-0.25, -0.2) is 13.2 Å². The van der Waals surface area contributed by atoms with Gasteiger partial charge in [0.05, 0.1) is 14.2 Å². The van der Waals surface area contributed by atoms with Crippen molar-refractivity contribution in [2.24, 2.45) is 0 Å². The lowest BCUT2D eigenvalue weighted by Crippen LogP contribution is -2.00. The van der Waals surface area contributed by atoms with Crippen LogP contribution >= 0.6 is 50.5 Å². The third kappa shape index (κ3) is 2.69. The van der Waals surface area contributed by atoms with Crippen molar-refractivity contribution in [3.8, 4) is 0 Å². The molecule has 18 heavy (non-hydrogen) atoms. The van der Waals surface area contributed by atoms with Gasteiger partial charge < -0.3 is 0 Å². The molecule has 2 rings (SSSR count). The Bertz CT molecular complexity index is 557. The lowest BCUT2D eigenvalue weighted by atomic mass is 10.1. The Balaban J connectivity index is 2.49. The summed E-state index contributed by atoms with van der Waals surface area (Å²) < 4.78 is 40.5. The van der Waals surface area contributed by atoms with E-state index in [1.807, 2.05) is 0 Å². The van der Waals surface area contributed by atoms with E-state index in [9.17, 15) is 13.2 Å².